The number of nitrogens with zero attached hydrogens (tertiary/aromatic N) is 10. The average Bonchev–Trinajstić information content (AvgIpc) is 1.56. The van der Waals surface area contributed by atoms with Crippen molar-refractivity contribution in [3.63, 3.8) is 0 Å². The van der Waals surface area contributed by atoms with Crippen molar-refractivity contribution < 1.29 is 8.83 Å². The van der Waals surface area contributed by atoms with Crippen LogP contribution in [0.15, 0.2) is 433 Å². The Hall–Kier alpha value is -17.0. The summed E-state index contributed by atoms with van der Waals surface area (Å²) in [4.78, 5) is 30.5. The van der Waals surface area contributed by atoms with Crippen LogP contribution in [0.1, 0.15) is 0 Å². The maximum absolute atomic E-state index is 6.43. The minimum atomic E-state index is 0.584. The SMILES string of the molecule is c1ccc(-c2nc(-c3ccc(-c4nn5c(-c6ccccc6)cc6ccccc6c5c4-c4ccccc4)cc3)nc(-c3ccc(-c4cccc5c4oc4ccccc45)cc3)n2)cc1.c1ccc(-c2nc(-c3ccc(-c4nn5c(-c6ccccc6)cc6ccccc6c5c4-c4ccccc4)cc3)nc(-c3cccc(-c4cccc5c4oc4ccccc45)c3)n2)cc1. The number of rotatable bonds is 14. The molecule has 0 radical (unpaired) electrons. The van der Waals surface area contributed by atoms with Gasteiger partial charge >= 0.3 is 0 Å². The molecular weight excluding hydrogens is 1520 g/mol. The molecule has 12 heteroatoms. The second-order valence-corrected chi connectivity index (χ2v) is 30.9. The zero-order chi connectivity index (χ0) is 82.0. The molecule has 12 nitrogen and oxygen atoms in total. The van der Waals surface area contributed by atoms with Crippen molar-refractivity contribution in [1.29, 1.82) is 0 Å². The number of benzene rings is 16. The summed E-state index contributed by atoms with van der Waals surface area (Å²) in [6, 6.07) is 147. The van der Waals surface area contributed by atoms with Gasteiger partial charge in [0.25, 0.3) is 0 Å². The van der Waals surface area contributed by atoms with Gasteiger partial charge in [0, 0.05) is 110 Å². The quantitative estimate of drug-likeness (QED) is 0.103. The molecule has 24 aromatic rings. The molecule has 24 rings (SSSR count). The van der Waals surface area contributed by atoms with Gasteiger partial charge in [-0.25, -0.2) is 38.9 Å². The maximum atomic E-state index is 6.43. The predicted octanol–water partition coefficient (Wildman–Crippen LogP) is 28.5. The van der Waals surface area contributed by atoms with Crippen molar-refractivity contribution in [2.45, 2.75) is 0 Å². The van der Waals surface area contributed by atoms with Crippen LogP contribution in [0.25, 0.3) is 234 Å². The molecule has 124 heavy (non-hydrogen) atoms. The molecule has 0 atom stereocenters. The molecule has 16 aromatic carbocycles. The first-order chi connectivity index (χ1) is 61.5. The molecule has 0 saturated heterocycles. The second-order valence-electron chi connectivity index (χ2n) is 30.9. The first kappa shape index (κ1) is 72.3. The highest BCUT2D eigenvalue weighted by Gasteiger charge is 2.26. The Kier molecular flexibility index (Phi) is 17.9. The molecule has 0 spiro atoms. The highest BCUT2D eigenvalue weighted by atomic mass is 16.3. The summed E-state index contributed by atoms with van der Waals surface area (Å²) >= 11 is 0. The zero-order valence-corrected chi connectivity index (χ0v) is 66.7. The smallest absolute Gasteiger partial charge is 0.164 e. The van der Waals surface area contributed by atoms with Crippen LogP contribution in [0.4, 0.5) is 0 Å². The lowest BCUT2D eigenvalue weighted by Gasteiger charge is -2.11. The molecule has 0 fully saturated rings. The molecule has 580 valence electrons. The van der Waals surface area contributed by atoms with E-state index in [4.69, 9.17) is 48.9 Å². The monoisotopic (exact) mass is 1590 g/mol. The van der Waals surface area contributed by atoms with Crippen LogP contribution in [0.2, 0.25) is 0 Å². The fourth-order valence-corrected chi connectivity index (χ4v) is 17.4. The summed E-state index contributed by atoms with van der Waals surface area (Å²) in [6.07, 6.45) is 0. The van der Waals surface area contributed by atoms with Crippen LogP contribution in [0.3, 0.4) is 0 Å². The molecule has 0 aliphatic carbocycles. The summed E-state index contributed by atoms with van der Waals surface area (Å²) in [5.74, 6) is 3.57. The third-order valence-corrected chi connectivity index (χ3v) is 23.4. The van der Waals surface area contributed by atoms with Crippen LogP contribution < -0.4 is 0 Å². The highest BCUT2D eigenvalue weighted by molar-refractivity contribution is 6.13. The van der Waals surface area contributed by atoms with Crippen molar-refractivity contribution in [2.24, 2.45) is 0 Å². The molecule has 0 saturated carbocycles. The molecule has 8 aromatic heterocycles. The topological polar surface area (TPSA) is 138 Å². The molecule has 0 amide bonds. The molecule has 0 aliphatic heterocycles. The van der Waals surface area contributed by atoms with E-state index in [2.05, 4.69) is 324 Å². The maximum Gasteiger partial charge on any atom is 0.164 e. The standard InChI is InChI=1S/2C56H35N5O/c1-4-16-36(17-5-1)48-35-42-22-10-11-25-44(42)52-50(37-18-6-2-7-19-37)51(60-61(48)52)38-30-32-40(33-31-38)55-57-54(39-20-8-3-9-21-39)58-56(59-55)43-24-14-23-41(34-43)45-27-15-28-47-46-26-12-13-29-49(46)62-53(45)47;1-4-15-37(16-5-1)48-35-43-21-10-11-22-44(43)52-50(38-17-6-2-7-18-38)51(60-61(48)52)39-29-33-42(34-30-39)56-58-54(40-19-8-3-9-20-40)57-55(59-56)41-31-27-36(28-32-41)45-24-14-25-47-46-23-12-13-26-49(46)62-53(45)47/h2*1-35H. The van der Waals surface area contributed by atoms with Gasteiger partial charge in [-0.1, -0.05) is 394 Å². The van der Waals surface area contributed by atoms with E-state index in [0.29, 0.717) is 34.9 Å². The second kappa shape index (κ2) is 30.8. The third kappa shape index (κ3) is 13.1. The largest absolute Gasteiger partial charge is 0.455 e. The summed E-state index contributed by atoms with van der Waals surface area (Å²) in [6.45, 7) is 0. The Balaban J connectivity index is 0.000000143. The van der Waals surface area contributed by atoms with Gasteiger partial charge in [0.1, 0.15) is 33.7 Å². The molecule has 0 unspecified atom stereocenters. The Morgan fingerprint density at radius 2 is 0.460 bits per heavy atom. The lowest BCUT2D eigenvalue weighted by molar-refractivity contribution is 0.669. The lowest BCUT2D eigenvalue weighted by atomic mass is 9.96. The summed E-state index contributed by atoms with van der Waals surface area (Å²) in [7, 11) is 0. The lowest BCUT2D eigenvalue weighted by Crippen LogP contribution is -2.00. The fourth-order valence-electron chi connectivity index (χ4n) is 17.4. The number of furan rings is 2. The minimum absolute atomic E-state index is 0.584. The van der Waals surface area contributed by atoms with Crippen molar-refractivity contribution in [2.75, 3.05) is 0 Å². The van der Waals surface area contributed by atoms with Gasteiger partial charge < -0.3 is 8.83 Å². The van der Waals surface area contributed by atoms with Crippen molar-refractivity contribution >= 4 is 76.5 Å². The van der Waals surface area contributed by atoms with E-state index >= 15 is 0 Å². The van der Waals surface area contributed by atoms with Crippen molar-refractivity contribution in [3.8, 4) is 158 Å². The molecular formula is C112H70N10O2. The van der Waals surface area contributed by atoms with E-state index in [1.54, 1.807) is 0 Å². The van der Waals surface area contributed by atoms with Gasteiger partial charge in [0.05, 0.1) is 22.4 Å². The van der Waals surface area contributed by atoms with E-state index in [1.165, 1.54) is 0 Å². The summed E-state index contributed by atoms with van der Waals surface area (Å²) in [5, 5.41) is 19.9. The van der Waals surface area contributed by atoms with E-state index < -0.39 is 0 Å². The summed E-state index contributed by atoms with van der Waals surface area (Å²) < 4.78 is 17.0. The fraction of sp³-hybridized carbons (Fsp3) is 0. The first-order valence-corrected chi connectivity index (χ1v) is 41.4. The van der Waals surface area contributed by atoms with E-state index in [-0.39, 0.29) is 0 Å². The average molecular weight is 1590 g/mol. The zero-order valence-electron chi connectivity index (χ0n) is 66.7. The van der Waals surface area contributed by atoms with Gasteiger partial charge in [0.2, 0.25) is 0 Å². The first-order valence-electron chi connectivity index (χ1n) is 41.4. The molecule has 0 bridgehead atoms. The van der Waals surface area contributed by atoms with Crippen LogP contribution >= 0.6 is 0 Å². The summed E-state index contributed by atoms with van der Waals surface area (Å²) in [5.41, 5.74) is 27.5. The van der Waals surface area contributed by atoms with Gasteiger partial charge in [-0.05, 0) is 63.4 Å². The Morgan fingerprint density at radius 3 is 0.855 bits per heavy atom. The van der Waals surface area contributed by atoms with Gasteiger partial charge in [0.15, 0.2) is 34.9 Å². The van der Waals surface area contributed by atoms with Crippen LogP contribution in [-0.4, -0.2) is 49.1 Å². The van der Waals surface area contributed by atoms with E-state index in [9.17, 15) is 0 Å². The van der Waals surface area contributed by atoms with Gasteiger partial charge in [-0.2, -0.15) is 10.2 Å². The highest BCUT2D eigenvalue weighted by Crippen LogP contribution is 2.46. The van der Waals surface area contributed by atoms with E-state index in [0.717, 1.165) is 199 Å². The Morgan fingerprint density at radius 1 is 0.185 bits per heavy atom. The predicted molar refractivity (Wildman–Crippen MR) is 503 cm³/mol. The normalized spacial score (nSPS) is 11.5. The van der Waals surface area contributed by atoms with Gasteiger partial charge in [-0.15, -0.1) is 0 Å². The minimum Gasteiger partial charge on any atom is -0.455 e. The van der Waals surface area contributed by atoms with Crippen molar-refractivity contribution in [3.05, 3.63) is 425 Å². The Bertz CT molecular complexity index is 8180. The number of hydrogen-bond acceptors (Lipinski definition) is 10. The number of fused-ring (bicyclic) bond motifs is 12. The van der Waals surface area contributed by atoms with Crippen molar-refractivity contribution in [1.82, 2.24) is 49.1 Å². The number of hydrogen-bond donors (Lipinski definition) is 0. The van der Waals surface area contributed by atoms with Crippen LogP contribution in [0, 0.1) is 0 Å². The number of pyridine rings is 2. The van der Waals surface area contributed by atoms with Crippen LogP contribution in [0.5, 0.6) is 0 Å². The molecule has 0 N–H and O–H groups in total. The third-order valence-electron chi connectivity index (χ3n) is 23.4. The number of para-hydroxylation sites is 4. The molecule has 8 heterocycles. The number of aromatic nitrogens is 10. The molecule has 0 aliphatic rings. The van der Waals surface area contributed by atoms with Crippen LogP contribution in [-0.2, 0) is 0 Å². The van der Waals surface area contributed by atoms with Gasteiger partial charge in [-0.3, -0.25) is 0 Å². The van der Waals surface area contributed by atoms with E-state index in [1.807, 2.05) is 109 Å². The Labute approximate surface area is 712 Å².